The van der Waals surface area contributed by atoms with E-state index >= 15 is 0 Å². The standard InChI is InChI=1S/C17H18N2O5S/c1-24-16-9-13(25-2)7-8-14(16)17(21)18-10-15(20)11-3-5-12(6-4-11)19(22)23/h3-9,15,20H,10H2,1-2H3,(H,18,21)/t15-/m0/s1. The van der Waals surface area contributed by atoms with Gasteiger partial charge in [0.15, 0.2) is 0 Å². The number of benzene rings is 2. The summed E-state index contributed by atoms with van der Waals surface area (Å²) in [6.45, 7) is -0.0237. The van der Waals surface area contributed by atoms with Gasteiger partial charge in [-0.15, -0.1) is 11.8 Å². The SMILES string of the molecule is COc1cc(SC)ccc1C(=O)NC[C@H](O)c1ccc([N+](=O)[O-])cc1. The van der Waals surface area contributed by atoms with Crippen molar-refractivity contribution in [3.63, 3.8) is 0 Å². The molecule has 0 radical (unpaired) electrons. The molecule has 0 aliphatic rings. The maximum absolute atomic E-state index is 12.3. The summed E-state index contributed by atoms with van der Waals surface area (Å²) in [5.74, 6) is 0.0830. The summed E-state index contributed by atoms with van der Waals surface area (Å²) in [6.07, 6.45) is 0.955. The topological polar surface area (TPSA) is 102 Å². The first-order chi connectivity index (χ1) is 12.0. The number of aliphatic hydroxyl groups is 1. The number of non-ortho nitro benzene ring substituents is 1. The number of methoxy groups -OCH3 is 1. The fourth-order valence-electron chi connectivity index (χ4n) is 2.21. The number of thioether (sulfide) groups is 1. The fraction of sp³-hybridized carbons (Fsp3) is 0.235. The summed E-state index contributed by atoms with van der Waals surface area (Å²) in [6, 6.07) is 10.8. The van der Waals surface area contributed by atoms with E-state index in [1.165, 1.54) is 43.1 Å². The van der Waals surface area contributed by atoms with E-state index in [0.717, 1.165) is 4.90 Å². The number of nitro groups is 1. The molecule has 132 valence electrons. The number of carbonyl (C=O) groups is 1. The third-order valence-electron chi connectivity index (χ3n) is 3.60. The molecular formula is C17H18N2O5S. The van der Waals surface area contributed by atoms with Crippen LogP contribution in [0.2, 0.25) is 0 Å². The van der Waals surface area contributed by atoms with E-state index in [0.29, 0.717) is 16.9 Å². The lowest BCUT2D eigenvalue weighted by Crippen LogP contribution is -2.28. The Morgan fingerprint density at radius 2 is 2.00 bits per heavy atom. The van der Waals surface area contributed by atoms with Crippen LogP contribution in [0.5, 0.6) is 5.75 Å². The van der Waals surface area contributed by atoms with E-state index in [-0.39, 0.29) is 18.1 Å². The number of aliphatic hydroxyl groups excluding tert-OH is 1. The fourth-order valence-corrected chi connectivity index (χ4v) is 2.64. The largest absolute Gasteiger partial charge is 0.496 e. The van der Waals surface area contributed by atoms with Gasteiger partial charge in [-0.2, -0.15) is 0 Å². The van der Waals surface area contributed by atoms with Gasteiger partial charge in [-0.3, -0.25) is 14.9 Å². The van der Waals surface area contributed by atoms with Crippen LogP contribution in [0.3, 0.4) is 0 Å². The molecule has 0 bridgehead atoms. The third kappa shape index (κ3) is 4.71. The molecule has 0 aromatic heterocycles. The summed E-state index contributed by atoms with van der Waals surface area (Å²) < 4.78 is 5.24. The molecular weight excluding hydrogens is 344 g/mol. The Kier molecular flexibility index (Phi) is 6.37. The lowest BCUT2D eigenvalue weighted by molar-refractivity contribution is -0.384. The van der Waals surface area contributed by atoms with Crippen molar-refractivity contribution in [3.8, 4) is 5.75 Å². The monoisotopic (exact) mass is 362 g/mol. The van der Waals surface area contributed by atoms with Crippen molar-refractivity contribution < 1.29 is 19.6 Å². The molecule has 0 aliphatic heterocycles. The Balaban J connectivity index is 2.02. The lowest BCUT2D eigenvalue weighted by atomic mass is 10.1. The average Bonchev–Trinajstić information content (AvgIpc) is 2.65. The van der Waals surface area contributed by atoms with Crippen LogP contribution in [-0.4, -0.2) is 35.8 Å². The van der Waals surface area contributed by atoms with Crippen molar-refractivity contribution in [2.24, 2.45) is 0 Å². The number of rotatable bonds is 7. The second kappa shape index (κ2) is 8.50. The van der Waals surface area contributed by atoms with E-state index in [9.17, 15) is 20.0 Å². The molecule has 1 amide bonds. The first kappa shape index (κ1) is 18.8. The van der Waals surface area contributed by atoms with Crippen molar-refractivity contribution in [2.75, 3.05) is 19.9 Å². The molecule has 2 aromatic carbocycles. The molecule has 7 nitrogen and oxygen atoms in total. The van der Waals surface area contributed by atoms with E-state index in [2.05, 4.69) is 5.32 Å². The van der Waals surface area contributed by atoms with Gasteiger partial charge in [-0.25, -0.2) is 0 Å². The van der Waals surface area contributed by atoms with Crippen LogP contribution in [0, 0.1) is 10.1 Å². The number of nitro benzene ring substituents is 1. The van der Waals surface area contributed by atoms with Crippen LogP contribution in [0.1, 0.15) is 22.0 Å². The number of hydrogen-bond acceptors (Lipinski definition) is 6. The highest BCUT2D eigenvalue weighted by molar-refractivity contribution is 7.98. The summed E-state index contributed by atoms with van der Waals surface area (Å²) in [5, 5.41) is 23.4. The third-order valence-corrected chi connectivity index (χ3v) is 4.32. The quantitative estimate of drug-likeness (QED) is 0.446. The lowest BCUT2D eigenvalue weighted by Gasteiger charge is -2.14. The predicted molar refractivity (Wildman–Crippen MR) is 95.2 cm³/mol. The Bertz CT molecular complexity index is 764. The summed E-state index contributed by atoms with van der Waals surface area (Å²) in [5.41, 5.74) is 0.797. The molecule has 0 fully saturated rings. The molecule has 2 rings (SSSR count). The molecule has 0 saturated heterocycles. The highest BCUT2D eigenvalue weighted by Crippen LogP contribution is 2.25. The van der Waals surface area contributed by atoms with E-state index in [1.807, 2.05) is 12.3 Å². The van der Waals surface area contributed by atoms with Crippen molar-refractivity contribution in [3.05, 3.63) is 63.7 Å². The van der Waals surface area contributed by atoms with Crippen LogP contribution < -0.4 is 10.1 Å². The number of amides is 1. The van der Waals surface area contributed by atoms with Crippen molar-refractivity contribution in [1.29, 1.82) is 0 Å². The van der Waals surface area contributed by atoms with Crippen LogP contribution in [0.15, 0.2) is 47.4 Å². The van der Waals surface area contributed by atoms with Gasteiger partial charge in [-0.05, 0) is 42.2 Å². The Morgan fingerprint density at radius 3 is 2.56 bits per heavy atom. The maximum Gasteiger partial charge on any atom is 0.269 e. The zero-order valence-corrected chi connectivity index (χ0v) is 14.6. The molecule has 0 saturated carbocycles. The Hall–Kier alpha value is -2.58. The normalized spacial score (nSPS) is 11.6. The molecule has 0 spiro atoms. The zero-order valence-electron chi connectivity index (χ0n) is 13.8. The van der Waals surface area contributed by atoms with Crippen molar-refractivity contribution in [1.82, 2.24) is 5.32 Å². The van der Waals surface area contributed by atoms with Crippen LogP contribution in [-0.2, 0) is 0 Å². The van der Waals surface area contributed by atoms with Gasteiger partial charge in [-0.1, -0.05) is 0 Å². The minimum Gasteiger partial charge on any atom is -0.496 e. The molecule has 1 atom stereocenters. The minimum atomic E-state index is -0.971. The van der Waals surface area contributed by atoms with Gasteiger partial charge in [0.25, 0.3) is 11.6 Å². The average molecular weight is 362 g/mol. The highest BCUT2D eigenvalue weighted by Gasteiger charge is 2.16. The first-order valence-electron chi connectivity index (χ1n) is 7.39. The van der Waals surface area contributed by atoms with Crippen LogP contribution >= 0.6 is 11.8 Å². The van der Waals surface area contributed by atoms with Crippen LogP contribution in [0.25, 0.3) is 0 Å². The van der Waals surface area contributed by atoms with Crippen molar-refractivity contribution in [2.45, 2.75) is 11.0 Å². The van der Waals surface area contributed by atoms with Gasteiger partial charge in [0.05, 0.1) is 23.7 Å². The minimum absolute atomic E-state index is 0.0237. The van der Waals surface area contributed by atoms with Gasteiger partial charge < -0.3 is 15.2 Å². The van der Waals surface area contributed by atoms with E-state index in [4.69, 9.17) is 4.74 Å². The summed E-state index contributed by atoms with van der Waals surface area (Å²) in [4.78, 5) is 23.4. The molecule has 0 heterocycles. The molecule has 8 heteroatoms. The second-order valence-corrected chi connectivity index (χ2v) is 6.02. The van der Waals surface area contributed by atoms with Gasteiger partial charge in [0.1, 0.15) is 5.75 Å². The molecule has 0 unspecified atom stereocenters. The van der Waals surface area contributed by atoms with E-state index in [1.54, 1.807) is 12.1 Å². The zero-order chi connectivity index (χ0) is 18.4. The Labute approximate surface area is 149 Å². The number of hydrogen-bond donors (Lipinski definition) is 2. The second-order valence-electron chi connectivity index (χ2n) is 5.14. The number of carbonyl (C=O) groups excluding carboxylic acids is 1. The summed E-state index contributed by atoms with van der Waals surface area (Å²) in [7, 11) is 1.49. The van der Waals surface area contributed by atoms with Gasteiger partial charge in [0.2, 0.25) is 0 Å². The molecule has 2 N–H and O–H groups in total. The first-order valence-corrected chi connectivity index (χ1v) is 8.61. The number of nitrogens with zero attached hydrogens (tertiary/aromatic N) is 1. The molecule has 25 heavy (non-hydrogen) atoms. The number of nitrogens with one attached hydrogen (secondary N) is 1. The Morgan fingerprint density at radius 1 is 1.32 bits per heavy atom. The van der Waals surface area contributed by atoms with E-state index < -0.39 is 11.0 Å². The van der Waals surface area contributed by atoms with Crippen molar-refractivity contribution >= 4 is 23.4 Å². The smallest absolute Gasteiger partial charge is 0.269 e. The maximum atomic E-state index is 12.3. The van der Waals surface area contributed by atoms with Gasteiger partial charge in [0, 0.05) is 23.6 Å². The van der Waals surface area contributed by atoms with Gasteiger partial charge >= 0.3 is 0 Å². The molecule has 0 aliphatic carbocycles. The summed E-state index contributed by atoms with van der Waals surface area (Å²) >= 11 is 1.54. The predicted octanol–water partition coefficient (Wildman–Crippen LogP) is 2.79. The van der Waals surface area contributed by atoms with Crippen LogP contribution in [0.4, 0.5) is 5.69 Å². The highest BCUT2D eigenvalue weighted by atomic mass is 32.2. The molecule has 2 aromatic rings. The number of ether oxygens (including phenoxy) is 1.